The minimum absolute atomic E-state index is 0.0646. The first-order valence-electron chi connectivity index (χ1n) is 7.14. The van der Waals surface area contributed by atoms with Crippen LogP contribution in [-0.4, -0.2) is 33.9 Å². The van der Waals surface area contributed by atoms with Crippen molar-refractivity contribution >= 4 is 5.91 Å². The SMILES string of the molecule is Cc1cc(C(=O)NC(CCO)C2CCCCC2)n[nH]1. The Morgan fingerprint density at radius 2 is 2.26 bits per heavy atom. The number of rotatable bonds is 5. The second-order valence-electron chi connectivity index (χ2n) is 5.43. The Morgan fingerprint density at radius 1 is 1.53 bits per heavy atom. The number of aromatic amines is 1. The lowest BCUT2D eigenvalue weighted by Crippen LogP contribution is -2.41. The van der Waals surface area contributed by atoms with Gasteiger partial charge in [-0.1, -0.05) is 19.3 Å². The van der Waals surface area contributed by atoms with Gasteiger partial charge in [0, 0.05) is 18.3 Å². The van der Waals surface area contributed by atoms with Gasteiger partial charge in [0.25, 0.3) is 5.91 Å². The monoisotopic (exact) mass is 265 g/mol. The van der Waals surface area contributed by atoms with E-state index in [-0.39, 0.29) is 18.6 Å². The number of aryl methyl sites for hydroxylation is 1. The molecule has 1 aliphatic carbocycles. The molecule has 0 saturated heterocycles. The van der Waals surface area contributed by atoms with Crippen molar-refractivity contribution < 1.29 is 9.90 Å². The number of aliphatic hydroxyl groups is 1. The second-order valence-corrected chi connectivity index (χ2v) is 5.43. The molecular weight excluding hydrogens is 242 g/mol. The van der Waals surface area contributed by atoms with Crippen LogP contribution < -0.4 is 5.32 Å². The van der Waals surface area contributed by atoms with Crippen LogP contribution in [0.5, 0.6) is 0 Å². The van der Waals surface area contributed by atoms with Gasteiger partial charge in [-0.05, 0) is 38.2 Å². The lowest BCUT2D eigenvalue weighted by Gasteiger charge is -2.30. The van der Waals surface area contributed by atoms with Gasteiger partial charge in [-0.25, -0.2) is 0 Å². The topological polar surface area (TPSA) is 78.0 Å². The molecule has 0 spiro atoms. The van der Waals surface area contributed by atoms with Gasteiger partial charge in [-0.2, -0.15) is 5.10 Å². The molecule has 1 aliphatic rings. The summed E-state index contributed by atoms with van der Waals surface area (Å²) < 4.78 is 0. The molecule has 1 unspecified atom stereocenters. The molecule has 2 rings (SSSR count). The molecule has 0 radical (unpaired) electrons. The van der Waals surface area contributed by atoms with Gasteiger partial charge < -0.3 is 10.4 Å². The fourth-order valence-corrected chi connectivity index (χ4v) is 2.88. The number of carbonyl (C=O) groups is 1. The smallest absolute Gasteiger partial charge is 0.272 e. The Labute approximate surface area is 113 Å². The van der Waals surface area contributed by atoms with Crippen LogP contribution in [0.3, 0.4) is 0 Å². The summed E-state index contributed by atoms with van der Waals surface area (Å²) in [6.07, 6.45) is 6.65. The molecule has 1 heterocycles. The van der Waals surface area contributed by atoms with Crippen molar-refractivity contribution in [1.29, 1.82) is 0 Å². The molecule has 106 valence electrons. The number of amides is 1. The number of nitrogens with one attached hydrogen (secondary N) is 2. The van der Waals surface area contributed by atoms with Crippen molar-refractivity contribution in [2.75, 3.05) is 6.61 Å². The number of hydrogen-bond donors (Lipinski definition) is 3. The van der Waals surface area contributed by atoms with E-state index in [1.807, 2.05) is 6.92 Å². The van der Waals surface area contributed by atoms with E-state index in [1.165, 1.54) is 19.3 Å². The molecule has 1 fully saturated rings. The maximum absolute atomic E-state index is 12.1. The van der Waals surface area contributed by atoms with Crippen molar-refractivity contribution in [3.05, 3.63) is 17.5 Å². The highest BCUT2D eigenvalue weighted by Crippen LogP contribution is 2.27. The number of H-pyrrole nitrogens is 1. The van der Waals surface area contributed by atoms with Crippen LogP contribution in [0, 0.1) is 12.8 Å². The predicted molar refractivity (Wildman–Crippen MR) is 72.9 cm³/mol. The van der Waals surface area contributed by atoms with E-state index in [9.17, 15) is 9.90 Å². The molecule has 0 aromatic carbocycles. The van der Waals surface area contributed by atoms with E-state index in [2.05, 4.69) is 15.5 Å². The van der Waals surface area contributed by atoms with Crippen LogP contribution in [0.4, 0.5) is 0 Å². The molecular formula is C14H23N3O2. The zero-order valence-electron chi connectivity index (χ0n) is 11.5. The van der Waals surface area contributed by atoms with Crippen LogP contribution >= 0.6 is 0 Å². The Hall–Kier alpha value is -1.36. The minimum Gasteiger partial charge on any atom is -0.396 e. The fraction of sp³-hybridized carbons (Fsp3) is 0.714. The third kappa shape index (κ3) is 3.80. The molecule has 0 aliphatic heterocycles. The summed E-state index contributed by atoms with van der Waals surface area (Å²) in [5.41, 5.74) is 1.30. The lowest BCUT2D eigenvalue weighted by molar-refractivity contribution is 0.0894. The zero-order valence-corrected chi connectivity index (χ0v) is 11.5. The Morgan fingerprint density at radius 3 is 2.84 bits per heavy atom. The zero-order chi connectivity index (χ0) is 13.7. The summed E-state index contributed by atoms with van der Waals surface area (Å²) in [7, 11) is 0. The first-order valence-corrected chi connectivity index (χ1v) is 7.14. The van der Waals surface area contributed by atoms with E-state index in [0.29, 0.717) is 18.0 Å². The third-order valence-electron chi connectivity index (χ3n) is 3.91. The van der Waals surface area contributed by atoms with Gasteiger partial charge >= 0.3 is 0 Å². The largest absolute Gasteiger partial charge is 0.396 e. The normalized spacial score (nSPS) is 18.2. The van der Waals surface area contributed by atoms with Crippen molar-refractivity contribution in [2.45, 2.75) is 51.5 Å². The number of aromatic nitrogens is 2. The van der Waals surface area contributed by atoms with E-state index < -0.39 is 0 Å². The van der Waals surface area contributed by atoms with E-state index in [0.717, 1.165) is 18.5 Å². The molecule has 5 nitrogen and oxygen atoms in total. The standard InChI is InChI=1S/C14H23N3O2/c1-10-9-13(17-16-10)14(19)15-12(7-8-18)11-5-3-2-4-6-11/h9,11-12,18H,2-8H2,1H3,(H,15,19)(H,16,17). The van der Waals surface area contributed by atoms with Crippen LogP contribution in [0.15, 0.2) is 6.07 Å². The number of hydrogen-bond acceptors (Lipinski definition) is 3. The van der Waals surface area contributed by atoms with Gasteiger partial charge in [0.05, 0.1) is 0 Å². The summed E-state index contributed by atoms with van der Waals surface area (Å²) >= 11 is 0. The van der Waals surface area contributed by atoms with Gasteiger partial charge in [0.2, 0.25) is 0 Å². The molecule has 0 bridgehead atoms. The van der Waals surface area contributed by atoms with Gasteiger partial charge in [0.1, 0.15) is 5.69 Å². The van der Waals surface area contributed by atoms with E-state index in [4.69, 9.17) is 0 Å². The average Bonchev–Trinajstić information content (AvgIpc) is 2.86. The van der Waals surface area contributed by atoms with Crippen molar-refractivity contribution in [3.8, 4) is 0 Å². The van der Waals surface area contributed by atoms with Crippen molar-refractivity contribution in [2.24, 2.45) is 5.92 Å². The highest BCUT2D eigenvalue weighted by Gasteiger charge is 2.25. The molecule has 1 saturated carbocycles. The summed E-state index contributed by atoms with van der Waals surface area (Å²) in [5.74, 6) is 0.346. The summed E-state index contributed by atoms with van der Waals surface area (Å²) in [6, 6.07) is 1.81. The third-order valence-corrected chi connectivity index (χ3v) is 3.91. The van der Waals surface area contributed by atoms with Gasteiger partial charge in [-0.3, -0.25) is 9.89 Å². The summed E-state index contributed by atoms with van der Waals surface area (Å²) in [5, 5.41) is 19.0. The van der Waals surface area contributed by atoms with Crippen LogP contribution in [-0.2, 0) is 0 Å². The number of aliphatic hydroxyl groups excluding tert-OH is 1. The van der Waals surface area contributed by atoms with E-state index in [1.54, 1.807) is 6.07 Å². The highest BCUT2D eigenvalue weighted by molar-refractivity contribution is 5.92. The molecule has 1 amide bonds. The van der Waals surface area contributed by atoms with Gasteiger partial charge in [0.15, 0.2) is 0 Å². The van der Waals surface area contributed by atoms with Crippen LogP contribution in [0.1, 0.15) is 54.7 Å². The lowest BCUT2D eigenvalue weighted by atomic mass is 9.82. The summed E-state index contributed by atoms with van der Waals surface area (Å²) in [4.78, 5) is 12.1. The molecule has 3 N–H and O–H groups in total. The number of carbonyl (C=O) groups excluding carboxylic acids is 1. The van der Waals surface area contributed by atoms with Crippen molar-refractivity contribution in [1.82, 2.24) is 15.5 Å². The first kappa shape index (κ1) is 14.1. The first-order chi connectivity index (χ1) is 9.20. The molecule has 19 heavy (non-hydrogen) atoms. The maximum Gasteiger partial charge on any atom is 0.272 e. The van der Waals surface area contributed by atoms with E-state index >= 15 is 0 Å². The second kappa shape index (κ2) is 6.70. The minimum atomic E-state index is -0.145. The molecule has 1 atom stereocenters. The molecule has 1 aromatic heterocycles. The quantitative estimate of drug-likeness (QED) is 0.759. The Bertz CT molecular complexity index is 411. The fourth-order valence-electron chi connectivity index (χ4n) is 2.88. The van der Waals surface area contributed by atoms with Gasteiger partial charge in [-0.15, -0.1) is 0 Å². The van der Waals surface area contributed by atoms with Crippen molar-refractivity contribution in [3.63, 3.8) is 0 Å². The molecule has 1 aromatic rings. The van der Waals surface area contributed by atoms with Crippen LogP contribution in [0.25, 0.3) is 0 Å². The maximum atomic E-state index is 12.1. The Balaban J connectivity index is 1.97. The predicted octanol–water partition coefficient (Wildman–Crippen LogP) is 1.78. The van der Waals surface area contributed by atoms with Crippen LogP contribution in [0.2, 0.25) is 0 Å². The highest BCUT2D eigenvalue weighted by atomic mass is 16.3. The Kier molecular flexibility index (Phi) is 4.96. The molecule has 5 heteroatoms. The number of nitrogens with zero attached hydrogens (tertiary/aromatic N) is 1. The average molecular weight is 265 g/mol. The summed E-state index contributed by atoms with van der Waals surface area (Å²) in [6.45, 7) is 1.98.